The minimum atomic E-state index is -0.134. The number of hydrogen-bond donors (Lipinski definition) is 3. The van der Waals surface area contributed by atoms with Crippen LogP contribution in [0, 0.1) is 3.57 Å². The molecule has 0 fully saturated rings. The van der Waals surface area contributed by atoms with Crippen molar-refractivity contribution in [3.63, 3.8) is 0 Å². The minimum absolute atomic E-state index is 0.134. The van der Waals surface area contributed by atoms with Gasteiger partial charge in [-0.2, -0.15) is 0 Å². The third kappa shape index (κ3) is 3.37. The van der Waals surface area contributed by atoms with Crippen molar-refractivity contribution in [2.45, 2.75) is 0 Å². The van der Waals surface area contributed by atoms with Gasteiger partial charge in [0.25, 0.3) is 5.91 Å². The van der Waals surface area contributed by atoms with E-state index < -0.39 is 0 Å². The summed E-state index contributed by atoms with van der Waals surface area (Å²) in [6.45, 7) is 0. The van der Waals surface area contributed by atoms with Crippen molar-refractivity contribution in [2.24, 2.45) is 0 Å². The Kier molecular flexibility index (Phi) is 4.26. The van der Waals surface area contributed by atoms with Gasteiger partial charge in [0.15, 0.2) is 0 Å². The van der Waals surface area contributed by atoms with Gasteiger partial charge in [0.2, 0.25) is 0 Å². The van der Waals surface area contributed by atoms with Crippen LogP contribution in [0.3, 0.4) is 0 Å². The van der Waals surface area contributed by atoms with E-state index >= 15 is 0 Å². The second-order valence-electron chi connectivity index (χ2n) is 4.01. The summed E-state index contributed by atoms with van der Waals surface area (Å²) in [7, 11) is 1.60. The second-order valence-corrected chi connectivity index (χ2v) is 5.26. The normalized spacial score (nSPS) is 10.0. The molecule has 0 bridgehead atoms. The molecule has 0 aliphatic carbocycles. The fourth-order valence-corrected chi connectivity index (χ4v) is 2.00. The number of hydrogen-bond acceptors (Lipinski definition) is 3. The van der Waals surface area contributed by atoms with Crippen LogP contribution in [0.4, 0.5) is 17.1 Å². The average Bonchev–Trinajstić information content (AvgIpc) is 2.43. The summed E-state index contributed by atoms with van der Waals surface area (Å²) in [5.41, 5.74) is 8.75. The lowest BCUT2D eigenvalue weighted by molar-refractivity contribution is 0.0963. The molecule has 2 aromatic rings. The summed E-state index contributed by atoms with van der Waals surface area (Å²) >= 11 is 2.25. The smallest absolute Gasteiger partial charge is 0.251 e. The molecule has 0 unspecified atom stereocenters. The fraction of sp³-hybridized carbons (Fsp3) is 0.0714. The van der Waals surface area contributed by atoms with E-state index in [-0.39, 0.29) is 5.91 Å². The van der Waals surface area contributed by atoms with Crippen LogP contribution >= 0.6 is 22.6 Å². The zero-order chi connectivity index (χ0) is 13.8. The van der Waals surface area contributed by atoms with E-state index in [9.17, 15) is 4.79 Å². The van der Waals surface area contributed by atoms with Crippen molar-refractivity contribution >= 4 is 45.6 Å². The van der Waals surface area contributed by atoms with Gasteiger partial charge in [-0.15, -0.1) is 0 Å². The molecule has 0 aliphatic rings. The summed E-state index contributed by atoms with van der Waals surface area (Å²) in [5.74, 6) is -0.134. The molecule has 0 radical (unpaired) electrons. The zero-order valence-electron chi connectivity index (χ0n) is 10.4. The molecule has 0 aromatic heterocycles. The van der Waals surface area contributed by atoms with Crippen LogP contribution in [0.15, 0.2) is 42.5 Å². The van der Waals surface area contributed by atoms with Crippen LogP contribution in [0.25, 0.3) is 0 Å². The number of nitrogens with one attached hydrogen (secondary N) is 2. The Morgan fingerprint density at radius 2 is 1.84 bits per heavy atom. The number of benzene rings is 2. The molecular weight excluding hydrogens is 353 g/mol. The molecule has 1 amide bonds. The number of nitrogens with two attached hydrogens (primary N) is 1. The minimum Gasteiger partial charge on any atom is -0.397 e. The largest absolute Gasteiger partial charge is 0.397 e. The molecule has 4 N–H and O–H groups in total. The van der Waals surface area contributed by atoms with Crippen molar-refractivity contribution in [2.75, 3.05) is 18.1 Å². The quantitative estimate of drug-likeness (QED) is 0.577. The van der Waals surface area contributed by atoms with Gasteiger partial charge in [-0.3, -0.25) is 4.79 Å². The van der Waals surface area contributed by atoms with Gasteiger partial charge in [-0.05, 0) is 65.1 Å². The van der Waals surface area contributed by atoms with E-state index in [0.29, 0.717) is 11.3 Å². The predicted molar refractivity (Wildman–Crippen MR) is 86.7 cm³/mol. The van der Waals surface area contributed by atoms with Gasteiger partial charge in [-0.1, -0.05) is 0 Å². The first-order chi connectivity index (χ1) is 9.10. The van der Waals surface area contributed by atoms with Crippen LogP contribution < -0.4 is 16.4 Å². The number of carbonyl (C=O) groups is 1. The van der Waals surface area contributed by atoms with E-state index in [4.69, 9.17) is 5.73 Å². The van der Waals surface area contributed by atoms with Gasteiger partial charge in [0.05, 0.1) is 11.4 Å². The second kappa shape index (κ2) is 5.92. The van der Waals surface area contributed by atoms with Gasteiger partial charge in [0.1, 0.15) is 0 Å². The summed E-state index contributed by atoms with van der Waals surface area (Å²) in [5, 5.41) is 5.80. The average molecular weight is 367 g/mol. The zero-order valence-corrected chi connectivity index (χ0v) is 12.6. The van der Waals surface area contributed by atoms with E-state index in [0.717, 1.165) is 14.9 Å². The summed E-state index contributed by atoms with van der Waals surface area (Å²) in [4.78, 5) is 11.6. The highest BCUT2D eigenvalue weighted by atomic mass is 127. The topological polar surface area (TPSA) is 67.2 Å². The summed E-state index contributed by atoms with van der Waals surface area (Å²) < 4.78 is 1.16. The van der Waals surface area contributed by atoms with Crippen molar-refractivity contribution in [1.82, 2.24) is 5.32 Å². The van der Waals surface area contributed by atoms with Gasteiger partial charge < -0.3 is 16.4 Å². The molecule has 0 atom stereocenters. The van der Waals surface area contributed by atoms with Crippen molar-refractivity contribution in [3.05, 3.63) is 51.6 Å². The Labute approximate surface area is 125 Å². The molecular formula is C14H14IN3O. The highest BCUT2D eigenvalue weighted by Crippen LogP contribution is 2.24. The molecule has 19 heavy (non-hydrogen) atoms. The highest BCUT2D eigenvalue weighted by Gasteiger charge is 2.07. The molecule has 2 aromatic carbocycles. The molecule has 98 valence electrons. The Bertz CT molecular complexity index is 596. The van der Waals surface area contributed by atoms with E-state index in [1.807, 2.05) is 24.3 Å². The fourth-order valence-electron chi connectivity index (χ4n) is 1.64. The maximum atomic E-state index is 11.6. The Balaban J connectivity index is 2.28. The molecule has 0 saturated heterocycles. The van der Waals surface area contributed by atoms with Crippen LogP contribution in [0.1, 0.15) is 10.4 Å². The van der Waals surface area contributed by atoms with E-state index in [2.05, 4.69) is 33.2 Å². The number of carbonyl (C=O) groups excluding carboxylic acids is 1. The third-order valence-electron chi connectivity index (χ3n) is 2.67. The van der Waals surface area contributed by atoms with Crippen molar-refractivity contribution in [1.29, 1.82) is 0 Å². The lowest BCUT2D eigenvalue weighted by Crippen LogP contribution is -2.17. The molecule has 0 saturated carbocycles. The standard InChI is InChI=1S/C14H14IN3O/c1-17-14(19)9-2-7-12(16)13(8-9)18-11-5-3-10(15)4-6-11/h2-8,18H,16H2,1H3,(H,17,19). The lowest BCUT2D eigenvalue weighted by atomic mass is 10.1. The Morgan fingerprint density at radius 3 is 2.47 bits per heavy atom. The number of amides is 1. The van der Waals surface area contributed by atoms with Crippen molar-refractivity contribution < 1.29 is 4.79 Å². The van der Waals surface area contributed by atoms with Gasteiger partial charge in [0, 0.05) is 21.9 Å². The molecule has 4 nitrogen and oxygen atoms in total. The lowest BCUT2D eigenvalue weighted by Gasteiger charge is -2.11. The van der Waals surface area contributed by atoms with E-state index in [1.165, 1.54) is 0 Å². The van der Waals surface area contributed by atoms with Gasteiger partial charge >= 0.3 is 0 Å². The number of halogens is 1. The number of nitrogen functional groups attached to an aromatic ring is 1. The molecule has 0 spiro atoms. The predicted octanol–water partition coefficient (Wildman–Crippen LogP) is 2.98. The first-order valence-electron chi connectivity index (χ1n) is 5.74. The van der Waals surface area contributed by atoms with Crippen LogP contribution in [0.2, 0.25) is 0 Å². The maximum absolute atomic E-state index is 11.6. The monoisotopic (exact) mass is 367 g/mol. The molecule has 2 rings (SSSR count). The van der Waals surface area contributed by atoms with Crippen LogP contribution in [-0.4, -0.2) is 13.0 Å². The third-order valence-corrected chi connectivity index (χ3v) is 3.38. The Hall–Kier alpha value is -1.76. The number of rotatable bonds is 3. The van der Waals surface area contributed by atoms with E-state index in [1.54, 1.807) is 25.2 Å². The first kappa shape index (κ1) is 13.7. The Morgan fingerprint density at radius 1 is 1.16 bits per heavy atom. The van der Waals surface area contributed by atoms with Crippen LogP contribution in [-0.2, 0) is 0 Å². The molecule has 0 heterocycles. The highest BCUT2D eigenvalue weighted by molar-refractivity contribution is 14.1. The summed E-state index contributed by atoms with van der Waals surface area (Å²) in [6.07, 6.45) is 0. The maximum Gasteiger partial charge on any atom is 0.251 e. The number of anilines is 3. The SMILES string of the molecule is CNC(=O)c1ccc(N)c(Nc2ccc(I)cc2)c1. The molecule has 5 heteroatoms. The molecule has 0 aliphatic heterocycles. The van der Waals surface area contributed by atoms with Crippen molar-refractivity contribution in [3.8, 4) is 0 Å². The first-order valence-corrected chi connectivity index (χ1v) is 6.82. The van der Waals surface area contributed by atoms with Crippen LogP contribution in [0.5, 0.6) is 0 Å². The summed E-state index contributed by atoms with van der Waals surface area (Å²) in [6, 6.07) is 13.1. The van der Waals surface area contributed by atoms with Gasteiger partial charge in [-0.25, -0.2) is 0 Å².